The number of benzene rings is 2. The minimum Gasteiger partial charge on any atom is -0.490 e. The number of methoxy groups -OCH3 is 2. The monoisotopic (exact) mass is 411 g/mol. The molecule has 2 aromatic carbocycles. The highest BCUT2D eigenvalue weighted by molar-refractivity contribution is 6.04. The maximum absolute atomic E-state index is 12.3. The molecule has 0 radical (unpaired) electrons. The molecule has 30 heavy (non-hydrogen) atoms. The van der Waals surface area contributed by atoms with Gasteiger partial charge in [-0.3, -0.25) is 4.79 Å². The minimum absolute atomic E-state index is 0.114. The van der Waals surface area contributed by atoms with Crippen molar-refractivity contribution < 1.29 is 33.3 Å². The van der Waals surface area contributed by atoms with Gasteiger partial charge in [-0.15, -0.1) is 0 Å². The summed E-state index contributed by atoms with van der Waals surface area (Å²) >= 11 is 0. The van der Waals surface area contributed by atoms with Gasteiger partial charge in [0.25, 0.3) is 0 Å². The number of hydrogen-bond acceptors (Lipinski definition) is 7. The van der Waals surface area contributed by atoms with E-state index in [-0.39, 0.29) is 16.8 Å². The van der Waals surface area contributed by atoms with Crippen molar-refractivity contribution in [3.8, 4) is 11.5 Å². The zero-order valence-corrected chi connectivity index (χ0v) is 16.6. The molecule has 1 aliphatic rings. The molecule has 0 aliphatic carbocycles. The third kappa shape index (κ3) is 5.16. The summed E-state index contributed by atoms with van der Waals surface area (Å²) < 4.78 is 20.6. The van der Waals surface area contributed by atoms with E-state index < -0.39 is 17.8 Å². The van der Waals surface area contributed by atoms with E-state index in [0.717, 1.165) is 12.0 Å². The zero-order valence-electron chi connectivity index (χ0n) is 16.6. The standard InChI is InChI=1S/C22H21NO7/c1-27-21(25)15-11-16(22(26)28-2)13-17(12-15)23-20(24)7-5-14-4-6-18-19(10-14)30-9-3-8-29-18/h4-7,10-13H,3,8-9H2,1-2H3,(H,23,24)/b7-5+. The molecular formula is C22H21NO7. The fourth-order valence-corrected chi connectivity index (χ4v) is 2.81. The van der Waals surface area contributed by atoms with E-state index in [1.165, 1.54) is 38.5 Å². The first kappa shape index (κ1) is 20.9. The number of hydrogen-bond donors (Lipinski definition) is 1. The maximum atomic E-state index is 12.3. The fraction of sp³-hybridized carbons (Fsp3) is 0.227. The summed E-state index contributed by atoms with van der Waals surface area (Å²) in [7, 11) is 2.45. The Morgan fingerprint density at radius 3 is 2.17 bits per heavy atom. The summed E-state index contributed by atoms with van der Waals surface area (Å²) in [5.74, 6) is -0.425. The van der Waals surface area contributed by atoms with Crippen molar-refractivity contribution in [1.29, 1.82) is 0 Å². The predicted molar refractivity (Wildman–Crippen MR) is 109 cm³/mol. The largest absolute Gasteiger partial charge is 0.490 e. The van der Waals surface area contributed by atoms with Gasteiger partial charge in [-0.2, -0.15) is 0 Å². The lowest BCUT2D eigenvalue weighted by molar-refractivity contribution is -0.111. The quantitative estimate of drug-likeness (QED) is 0.596. The van der Waals surface area contributed by atoms with Crippen molar-refractivity contribution in [2.24, 2.45) is 0 Å². The fourth-order valence-electron chi connectivity index (χ4n) is 2.81. The summed E-state index contributed by atoms with van der Waals surface area (Å²) in [5.41, 5.74) is 1.24. The lowest BCUT2D eigenvalue weighted by Crippen LogP contribution is -2.12. The second-order valence-electron chi connectivity index (χ2n) is 6.36. The molecule has 1 aliphatic heterocycles. The topological polar surface area (TPSA) is 100 Å². The van der Waals surface area contributed by atoms with Crippen LogP contribution in [0.5, 0.6) is 11.5 Å². The summed E-state index contributed by atoms with van der Waals surface area (Å²) in [6.07, 6.45) is 3.76. The molecule has 0 bridgehead atoms. The third-order valence-electron chi connectivity index (χ3n) is 4.24. The molecule has 2 aromatic rings. The molecule has 0 spiro atoms. The summed E-state index contributed by atoms with van der Waals surface area (Å²) in [6.45, 7) is 1.17. The van der Waals surface area contributed by atoms with E-state index in [1.807, 2.05) is 6.07 Å². The van der Waals surface area contributed by atoms with Gasteiger partial charge >= 0.3 is 11.9 Å². The molecule has 0 atom stereocenters. The van der Waals surface area contributed by atoms with Crippen molar-refractivity contribution in [2.75, 3.05) is 32.8 Å². The Morgan fingerprint density at radius 1 is 0.900 bits per heavy atom. The summed E-state index contributed by atoms with van der Waals surface area (Å²) in [5, 5.41) is 2.63. The Balaban J connectivity index is 1.76. The number of ether oxygens (including phenoxy) is 4. The molecule has 8 nitrogen and oxygen atoms in total. The van der Waals surface area contributed by atoms with Crippen LogP contribution in [-0.4, -0.2) is 45.3 Å². The molecule has 8 heteroatoms. The van der Waals surface area contributed by atoms with Crippen LogP contribution in [-0.2, 0) is 14.3 Å². The van der Waals surface area contributed by atoms with Crippen LogP contribution < -0.4 is 14.8 Å². The normalized spacial score (nSPS) is 12.7. The second kappa shape index (κ2) is 9.60. The van der Waals surface area contributed by atoms with Crippen molar-refractivity contribution in [3.63, 3.8) is 0 Å². The molecule has 1 amide bonds. The number of carbonyl (C=O) groups is 3. The van der Waals surface area contributed by atoms with Gasteiger partial charge in [-0.25, -0.2) is 9.59 Å². The van der Waals surface area contributed by atoms with Gasteiger partial charge in [-0.05, 0) is 42.0 Å². The number of fused-ring (bicyclic) bond motifs is 1. The number of nitrogens with one attached hydrogen (secondary N) is 1. The van der Waals surface area contributed by atoms with Gasteiger partial charge in [-0.1, -0.05) is 6.07 Å². The van der Waals surface area contributed by atoms with E-state index in [0.29, 0.717) is 24.7 Å². The molecule has 0 aromatic heterocycles. The highest BCUT2D eigenvalue weighted by Crippen LogP contribution is 2.30. The van der Waals surface area contributed by atoms with Gasteiger partial charge in [0.05, 0.1) is 38.6 Å². The predicted octanol–water partition coefficient (Wildman–Crippen LogP) is 3.07. The van der Waals surface area contributed by atoms with Crippen LogP contribution in [0.4, 0.5) is 5.69 Å². The van der Waals surface area contributed by atoms with Crippen molar-refractivity contribution in [1.82, 2.24) is 0 Å². The average Bonchev–Trinajstić information content (AvgIpc) is 3.01. The van der Waals surface area contributed by atoms with Gasteiger partial charge in [0.15, 0.2) is 11.5 Å². The molecule has 0 fully saturated rings. The van der Waals surface area contributed by atoms with Gasteiger partial charge in [0.1, 0.15) is 0 Å². The van der Waals surface area contributed by atoms with Gasteiger partial charge < -0.3 is 24.3 Å². The zero-order chi connectivity index (χ0) is 21.5. The number of anilines is 1. The Bertz CT molecular complexity index is 963. The Kier molecular flexibility index (Phi) is 6.69. The van der Waals surface area contributed by atoms with E-state index in [9.17, 15) is 14.4 Å². The van der Waals surface area contributed by atoms with E-state index in [4.69, 9.17) is 9.47 Å². The number of amides is 1. The van der Waals surface area contributed by atoms with Crippen LogP contribution in [0, 0.1) is 0 Å². The average molecular weight is 411 g/mol. The summed E-state index contributed by atoms with van der Waals surface area (Å²) in [6, 6.07) is 9.55. The molecule has 156 valence electrons. The van der Waals surface area contributed by atoms with Crippen molar-refractivity contribution in [2.45, 2.75) is 6.42 Å². The van der Waals surface area contributed by atoms with E-state index >= 15 is 0 Å². The smallest absolute Gasteiger partial charge is 0.337 e. The number of esters is 2. The number of rotatable bonds is 5. The van der Waals surface area contributed by atoms with Crippen LogP contribution in [0.1, 0.15) is 32.7 Å². The van der Waals surface area contributed by atoms with Gasteiger partial charge in [0, 0.05) is 18.2 Å². The number of carbonyl (C=O) groups excluding carboxylic acids is 3. The first-order chi connectivity index (χ1) is 14.5. The lowest BCUT2D eigenvalue weighted by Gasteiger charge is -2.09. The SMILES string of the molecule is COC(=O)c1cc(NC(=O)/C=C/c2ccc3c(c2)OCCCO3)cc(C(=O)OC)c1. The Labute approximate surface area is 173 Å². The lowest BCUT2D eigenvalue weighted by atomic mass is 10.1. The van der Waals surface area contributed by atoms with Crippen LogP contribution in [0.3, 0.4) is 0 Å². The molecule has 0 saturated carbocycles. The summed E-state index contributed by atoms with van der Waals surface area (Å²) in [4.78, 5) is 36.0. The third-order valence-corrected chi connectivity index (χ3v) is 4.24. The van der Waals surface area contributed by atoms with E-state index in [1.54, 1.807) is 18.2 Å². The molecule has 1 heterocycles. The van der Waals surface area contributed by atoms with Crippen LogP contribution >= 0.6 is 0 Å². The van der Waals surface area contributed by atoms with Crippen LogP contribution in [0.25, 0.3) is 6.08 Å². The van der Waals surface area contributed by atoms with Crippen LogP contribution in [0.2, 0.25) is 0 Å². The second-order valence-corrected chi connectivity index (χ2v) is 6.36. The molecule has 0 saturated heterocycles. The highest BCUT2D eigenvalue weighted by Gasteiger charge is 2.15. The molecule has 3 rings (SSSR count). The van der Waals surface area contributed by atoms with Crippen molar-refractivity contribution in [3.05, 3.63) is 59.2 Å². The maximum Gasteiger partial charge on any atom is 0.337 e. The molecule has 1 N–H and O–H groups in total. The van der Waals surface area contributed by atoms with E-state index in [2.05, 4.69) is 14.8 Å². The highest BCUT2D eigenvalue weighted by atomic mass is 16.5. The van der Waals surface area contributed by atoms with Gasteiger partial charge in [0.2, 0.25) is 5.91 Å². The van der Waals surface area contributed by atoms with Crippen LogP contribution in [0.15, 0.2) is 42.5 Å². The molecular weight excluding hydrogens is 390 g/mol. The Morgan fingerprint density at radius 2 is 1.53 bits per heavy atom. The van der Waals surface area contributed by atoms with Crippen molar-refractivity contribution >= 4 is 29.6 Å². The first-order valence-corrected chi connectivity index (χ1v) is 9.20. The Hall–Kier alpha value is -3.81. The minimum atomic E-state index is -0.640. The molecule has 0 unspecified atom stereocenters. The first-order valence-electron chi connectivity index (χ1n) is 9.20.